The predicted octanol–water partition coefficient (Wildman–Crippen LogP) is 1.69. The smallest absolute Gasteiger partial charge is 0.163 e. The molecule has 3 rings (SSSR count). The van der Waals surface area contributed by atoms with E-state index in [4.69, 9.17) is 4.74 Å². The van der Waals surface area contributed by atoms with E-state index in [1.54, 1.807) is 7.11 Å². The van der Waals surface area contributed by atoms with Gasteiger partial charge in [-0.05, 0) is 30.7 Å². The van der Waals surface area contributed by atoms with Gasteiger partial charge in [-0.1, -0.05) is 0 Å². The third-order valence-electron chi connectivity index (χ3n) is 3.11. The van der Waals surface area contributed by atoms with E-state index in [-0.39, 0.29) is 6.61 Å². The average Bonchev–Trinajstić information content (AvgIpc) is 2.81. The lowest BCUT2D eigenvalue weighted by Gasteiger charge is -2.08. The largest absolute Gasteiger partial charge is 0.497 e. The van der Waals surface area contributed by atoms with Crippen LogP contribution >= 0.6 is 0 Å². The van der Waals surface area contributed by atoms with Crippen molar-refractivity contribution >= 4 is 16.6 Å². The molecular formula is C13H13N3O2. The fourth-order valence-corrected chi connectivity index (χ4v) is 2.22. The number of hydrogen-bond donors (Lipinski definition) is 1. The summed E-state index contributed by atoms with van der Waals surface area (Å²) in [6.45, 7) is 1.89. The molecule has 5 nitrogen and oxygen atoms in total. The maximum atomic E-state index is 9.33. The summed E-state index contributed by atoms with van der Waals surface area (Å²) in [6.07, 6.45) is 0. The Morgan fingerprint density at radius 1 is 1.28 bits per heavy atom. The minimum atomic E-state index is -0.142. The van der Waals surface area contributed by atoms with E-state index in [0.717, 1.165) is 27.9 Å². The third-order valence-corrected chi connectivity index (χ3v) is 3.11. The molecule has 92 valence electrons. The zero-order valence-electron chi connectivity index (χ0n) is 10.2. The first kappa shape index (κ1) is 11.0. The fourth-order valence-electron chi connectivity index (χ4n) is 2.22. The van der Waals surface area contributed by atoms with Gasteiger partial charge in [0.1, 0.15) is 12.4 Å². The van der Waals surface area contributed by atoms with Gasteiger partial charge in [-0.25, -0.2) is 0 Å². The number of aryl methyl sites for hydroxylation is 1. The molecule has 3 aromatic rings. The zero-order valence-corrected chi connectivity index (χ0v) is 10.2. The number of benzene rings is 1. The van der Waals surface area contributed by atoms with Crippen molar-refractivity contribution < 1.29 is 9.84 Å². The van der Waals surface area contributed by atoms with E-state index < -0.39 is 0 Å². The molecule has 0 aliphatic heterocycles. The highest BCUT2D eigenvalue weighted by atomic mass is 16.5. The first-order valence-corrected chi connectivity index (χ1v) is 5.67. The van der Waals surface area contributed by atoms with Gasteiger partial charge in [0.25, 0.3) is 0 Å². The summed E-state index contributed by atoms with van der Waals surface area (Å²) in [5.41, 5.74) is 2.80. The summed E-state index contributed by atoms with van der Waals surface area (Å²) < 4.78 is 7.10. The molecule has 5 heteroatoms. The number of ether oxygens (including phenoxy) is 1. The second-order valence-electron chi connectivity index (χ2n) is 4.18. The highest BCUT2D eigenvalue weighted by Crippen LogP contribution is 2.25. The van der Waals surface area contributed by atoms with Gasteiger partial charge >= 0.3 is 0 Å². The summed E-state index contributed by atoms with van der Waals surface area (Å²) in [5.74, 6) is 1.30. The Labute approximate surface area is 104 Å². The second-order valence-corrected chi connectivity index (χ2v) is 4.18. The van der Waals surface area contributed by atoms with Crippen LogP contribution in [-0.2, 0) is 6.61 Å². The summed E-state index contributed by atoms with van der Waals surface area (Å²) in [4.78, 5) is 0. The molecule has 0 aliphatic rings. The van der Waals surface area contributed by atoms with Crippen molar-refractivity contribution in [1.82, 2.24) is 14.6 Å². The monoisotopic (exact) mass is 243 g/mol. The summed E-state index contributed by atoms with van der Waals surface area (Å²) in [6, 6.07) is 7.81. The normalized spacial score (nSPS) is 11.3. The molecule has 1 N–H and O–H groups in total. The van der Waals surface area contributed by atoms with Crippen molar-refractivity contribution in [2.75, 3.05) is 7.11 Å². The molecule has 0 fully saturated rings. The molecule has 0 amide bonds. The van der Waals surface area contributed by atoms with Crippen molar-refractivity contribution in [2.24, 2.45) is 0 Å². The van der Waals surface area contributed by atoms with E-state index >= 15 is 0 Å². The number of nitrogens with zero attached hydrogens (tertiary/aromatic N) is 3. The number of fused-ring (bicyclic) bond motifs is 3. The van der Waals surface area contributed by atoms with Crippen molar-refractivity contribution in [3.8, 4) is 5.75 Å². The molecule has 0 saturated heterocycles. The van der Waals surface area contributed by atoms with Crippen LogP contribution in [0.1, 0.15) is 11.4 Å². The Morgan fingerprint density at radius 2 is 2.11 bits per heavy atom. The molecule has 2 heterocycles. The predicted molar refractivity (Wildman–Crippen MR) is 67.7 cm³/mol. The fraction of sp³-hybridized carbons (Fsp3) is 0.231. The van der Waals surface area contributed by atoms with Crippen LogP contribution in [0.2, 0.25) is 0 Å². The lowest BCUT2D eigenvalue weighted by atomic mass is 10.1. The Balaban J connectivity index is 2.51. The molecule has 18 heavy (non-hydrogen) atoms. The Kier molecular flexibility index (Phi) is 2.41. The summed E-state index contributed by atoms with van der Waals surface area (Å²) in [7, 11) is 1.63. The van der Waals surface area contributed by atoms with Crippen LogP contribution in [0.3, 0.4) is 0 Å². The van der Waals surface area contributed by atoms with E-state index in [1.165, 1.54) is 0 Å². The van der Waals surface area contributed by atoms with Gasteiger partial charge in [0.15, 0.2) is 11.5 Å². The molecule has 2 aromatic heterocycles. The zero-order chi connectivity index (χ0) is 12.7. The second kappa shape index (κ2) is 3.96. The van der Waals surface area contributed by atoms with Crippen molar-refractivity contribution in [1.29, 1.82) is 0 Å². The number of hydrogen-bond acceptors (Lipinski definition) is 4. The van der Waals surface area contributed by atoms with Crippen LogP contribution in [0.15, 0.2) is 24.3 Å². The van der Waals surface area contributed by atoms with Crippen LogP contribution in [0.5, 0.6) is 5.75 Å². The number of aromatic nitrogens is 3. The van der Waals surface area contributed by atoms with Crippen LogP contribution in [-0.4, -0.2) is 26.8 Å². The lowest BCUT2D eigenvalue weighted by Crippen LogP contribution is -1.97. The first-order valence-electron chi connectivity index (χ1n) is 5.67. The van der Waals surface area contributed by atoms with E-state index in [1.807, 2.05) is 35.6 Å². The minimum Gasteiger partial charge on any atom is -0.497 e. The topological polar surface area (TPSA) is 59.7 Å². The highest BCUT2D eigenvalue weighted by molar-refractivity contribution is 5.86. The SMILES string of the molecule is COc1ccc2c(C)cc3nnc(CO)n3c2c1. The standard InChI is InChI=1S/C13H13N3O2/c1-8-5-12-14-15-13(7-17)16(12)11-6-9(18-2)3-4-10(8)11/h3-6,17H,7H2,1-2H3. The summed E-state index contributed by atoms with van der Waals surface area (Å²) >= 11 is 0. The number of aliphatic hydroxyl groups excluding tert-OH is 1. The number of methoxy groups -OCH3 is 1. The van der Waals surface area contributed by atoms with E-state index in [2.05, 4.69) is 10.2 Å². The van der Waals surface area contributed by atoms with Gasteiger partial charge < -0.3 is 9.84 Å². The Hall–Kier alpha value is -2.14. The van der Waals surface area contributed by atoms with E-state index in [9.17, 15) is 5.11 Å². The van der Waals surface area contributed by atoms with Crippen molar-refractivity contribution in [3.05, 3.63) is 35.7 Å². The molecule has 0 unspecified atom stereocenters. The number of rotatable bonds is 2. The Bertz CT molecular complexity index is 734. The maximum absolute atomic E-state index is 9.33. The van der Waals surface area contributed by atoms with Crippen LogP contribution in [0.4, 0.5) is 0 Å². The van der Waals surface area contributed by atoms with Gasteiger partial charge in [0, 0.05) is 11.5 Å². The maximum Gasteiger partial charge on any atom is 0.163 e. The Morgan fingerprint density at radius 3 is 2.83 bits per heavy atom. The van der Waals surface area contributed by atoms with Gasteiger partial charge in [-0.3, -0.25) is 4.40 Å². The molecule has 1 aromatic carbocycles. The number of aliphatic hydroxyl groups is 1. The van der Waals surface area contributed by atoms with Gasteiger partial charge in [0.05, 0.1) is 12.6 Å². The highest BCUT2D eigenvalue weighted by Gasteiger charge is 2.10. The van der Waals surface area contributed by atoms with Crippen LogP contribution in [0, 0.1) is 6.92 Å². The van der Waals surface area contributed by atoms with Crippen molar-refractivity contribution in [3.63, 3.8) is 0 Å². The molecule has 0 bridgehead atoms. The minimum absolute atomic E-state index is 0.142. The first-order chi connectivity index (χ1) is 8.74. The van der Waals surface area contributed by atoms with Crippen LogP contribution in [0.25, 0.3) is 16.6 Å². The van der Waals surface area contributed by atoms with Gasteiger partial charge in [0.2, 0.25) is 0 Å². The third kappa shape index (κ3) is 1.44. The van der Waals surface area contributed by atoms with E-state index in [0.29, 0.717) is 5.82 Å². The molecule has 0 radical (unpaired) electrons. The number of pyridine rings is 1. The molecule has 0 spiro atoms. The molecule has 0 atom stereocenters. The quantitative estimate of drug-likeness (QED) is 0.744. The molecule has 0 saturated carbocycles. The molecular weight excluding hydrogens is 230 g/mol. The van der Waals surface area contributed by atoms with Gasteiger partial charge in [-0.15, -0.1) is 10.2 Å². The van der Waals surface area contributed by atoms with Crippen LogP contribution < -0.4 is 4.74 Å². The lowest BCUT2D eigenvalue weighted by molar-refractivity contribution is 0.270. The molecule has 0 aliphatic carbocycles. The van der Waals surface area contributed by atoms with Crippen molar-refractivity contribution in [2.45, 2.75) is 13.5 Å². The average molecular weight is 243 g/mol. The van der Waals surface area contributed by atoms with Gasteiger partial charge in [-0.2, -0.15) is 0 Å². The summed E-state index contributed by atoms with van der Waals surface area (Å²) in [5, 5.41) is 18.5.